The van der Waals surface area contributed by atoms with Crippen LogP contribution >= 0.6 is 0 Å². The average molecular weight is 371 g/mol. The highest BCUT2D eigenvalue weighted by Gasteiger charge is 2.53. The van der Waals surface area contributed by atoms with E-state index in [0.29, 0.717) is 11.6 Å². The van der Waals surface area contributed by atoms with Crippen molar-refractivity contribution in [2.75, 3.05) is 0 Å². The van der Waals surface area contributed by atoms with Gasteiger partial charge in [-0.3, -0.25) is 4.68 Å². The van der Waals surface area contributed by atoms with Gasteiger partial charge in [-0.2, -0.15) is 0 Å². The molecular formula is C20H27BFN3O2. The van der Waals surface area contributed by atoms with Crippen LogP contribution in [-0.2, 0) is 15.9 Å². The van der Waals surface area contributed by atoms with E-state index in [1.807, 2.05) is 45.9 Å². The molecule has 27 heavy (non-hydrogen) atoms. The molecule has 0 saturated carbocycles. The van der Waals surface area contributed by atoms with E-state index in [-0.39, 0.29) is 0 Å². The lowest BCUT2D eigenvalue weighted by Crippen LogP contribution is -2.41. The van der Waals surface area contributed by atoms with Crippen LogP contribution in [0.1, 0.15) is 58.2 Å². The maximum atomic E-state index is 14.6. The highest BCUT2D eigenvalue weighted by Crippen LogP contribution is 2.38. The number of aryl methyl sites for hydroxylation is 1. The molecule has 1 aromatic heterocycles. The molecule has 1 atom stereocenters. The molecule has 7 heteroatoms. The molecule has 3 rings (SSSR count). The third-order valence-electron chi connectivity index (χ3n) is 5.48. The number of nitrogens with zero attached hydrogens (tertiary/aromatic N) is 3. The summed E-state index contributed by atoms with van der Waals surface area (Å²) < 4.78 is 27.7. The fourth-order valence-corrected chi connectivity index (χ4v) is 2.93. The molecule has 0 amide bonds. The Morgan fingerprint density at radius 3 is 2.44 bits per heavy atom. The molecule has 1 saturated heterocycles. The van der Waals surface area contributed by atoms with Gasteiger partial charge < -0.3 is 9.31 Å². The fraction of sp³-hybridized carbons (Fsp3) is 0.500. The zero-order valence-corrected chi connectivity index (χ0v) is 16.6. The molecule has 1 unspecified atom stereocenters. The van der Waals surface area contributed by atoms with Crippen molar-refractivity contribution < 1.29 is 13.7 Å². The largest absolute Gasteiger partial charge is 0.525 e. The lowest BCUT2D eigenvalue weighted by molar-refractivity contribution is 0.00578. The van der Waals surface area contributed by atoms with Crippen molar-refractivity contribution in [1.29, 1.82) is 0 Å². The first kappa shape index (κ1) is 19.8. The lowest BCUT2D eigenvalue weighted by Gasteiger charge is -2.32. The Hall–Kier alpha value is -1.99. The summed E-state index contributed by atoms with van der Waals surface area (Å²) in [5.74, 6) is 0.413. The molecule has 1 fully saturated rings. The van der Waals surface area contributed by atoms with Crippen LogP contribution in [0.15, 0.2) is 42.3 Å². The molecule has 0 spiro atoms. The summed E-state index contributed by atoms with van der Waals surface area (Å²) in [4.78, 5) is 0. The monoisotopic (exact) mass is 371 g/mol. The second-order valence-corrected chi connectivity index (χ2v) is 8.12. The van der Waals surface area contributed by atoms with Gasteiger partial charge in [0.25, 0.3) is 0 Å². The van der Waals surface area contributed by atoms with E-state index in [9.17, 15) is 4.39 Å². The topological polar surface area (TPSA) is 49.2 Å². The number of benzene rings is 1. The van der Waals surface area contributed by atoms with E-state index in [4.69, 9.17) is 9.31 Å². The molecule has 0 N–H and O–H groups in total. The second kappa shape index (κ2) is 7.56. The van der Waals surface area contributed by atoms with Crippen molar-refractivity contribution in [3.63, 3.8) is 0 Å². The zero-order valence-electron chi connectivity index (χ0n) is 16.6. The Labute approximate surface area is 160 Å². The van der Waals surface area contributed by atoms with Crippen molar-refractivity contribution in [3.8, 4) is 0 Å². The summed E-state index contributed by atoms with van der Waals surface area (Å²) in [7, 11) is -1.02. The van der Waals surface area contributed by atoms with E-state index in [0.717, 1.165) is 13.0 Å². The van der Waals surface area contributed by atoms with Crippen LogP contribution in [0.5, 0.6) is 0 Å². The van der Waals surface area contributed by atoms with Gasteiger partial charge in [-0.25, -0.2) is 4.39 Å². The molecule has 2 heterocycles. The quantitative estimate of drug-likeness (QED) is 0.706. The first-order chi connectivity index (χ1) is 12.7. The lowest BCUT2D eigenvalue weighted by atomic mass is 9.87. The molecular weight excluding hydrogens is 344 g/mol. The molecule has 2 aromatic rings. The van der Waals surface area contributed by atoms with Gasteiger partial charge in [-0.1, -0.05) is 42.5 Å². The summed E-state index contributed by atoms with van der Waals surface area (Å²) in [5.41, 5.74) is 0.0969. The molecule has 1 aliphatic rings. The van der Waals surface area contributed by atoms with Crippen molar-refractivity contribution in [1.82, 2.24) is 15.0 Å². The molecule has 144 valence electrons. The maximum Gasteiger partial charge on any atom is 0.525 e. The Kier molecular flexibility index (Phi) is 5.54. The Bertz CT molecular complexity index is 789. The van der Waals surface area contributed by atoms with Crippen molar-refractivity contribution >= 4 is 13.2 Å². The summed E-state index contributed by atoms with van der Waals surface area (Å²) in [6.07, 6.45) is 3.99. The van der Waals surface area contributed by atoms with Gasteiger partial charge in [-0.15, -0.1) is 5.10 Å². The van der Waals surface area contributed by atoms with Gasteiger partial charge in [0.15, 0.2) is 0 Å². The van der Waals surface area contributed by atoms with Crippen LogP contribution in [0.2, 0.25) is 0 Å². The molecule has 1 aromatic carbocycles. The van der Waals surface area contributed by atoms with E-state index >= 15 is 0 Å². The SMILES string of the molecule is CC(CCn1cc(C=C(F)B2OC(C)(C)C(C)(C)O2)nn1)c1ccccc1. The number of aromatic nitrogens is 3. The molecule has 0 radical (unpaired) electrons. The van der Waals surface area contributed by atoms with Gasteiger partial charge in [0.05, 0.1) is 17.4 Å². The smallest absolute Gasteiger partial charge is 0.398 e. The Morgan fingerprint density at radius 1 is 1.19 bits per heavy atom. The maximum absolute atomic E-state index is 14.6. The Morgan fingerprint density at radius 2 is 1.81 bits per heavy atom. The first-order valence-electron chi connectivity index (χ1n) is 9.36. The fourth-order valence-electron chi connectivity index (χ4n) is 2.93. The van der Waals surface area contributed by atoms with Gasteiger partial charge in [-0.05, 0) is 51.7 Å². The van der Waals surface area contributed by atoms with Crippen LogP contribution in [0.3, 0.4) is 0 Å². The first-order valence-corrected chi connectivity index (χ1v) is 9.36. The predicted molar refractivity (Wildman–Crippen MR) is 105 cm³/mol. The second-order valence-electron chi connectivity index (χ2n) is 8.12. The van der Waals surface area contributed by atoms with Gasteiger partial charge in [0.1, 0.15) is 11.4 Å². The molecule has 0 aliphatic carbocycles. The van der Waals surface area contributed by atoms with Crippen molar-refractivity contribution in [3.05, 3.63) is 53.5 Å². The minimum Gasteiger partial charge on any atom is -0.398 e. The molecule has 5 nitrogen and oxygen atoms in total. The summed E-state index contributed by atoms with van der Waals surface area (Å²) in [6, 6.07) is 10.4. The summed E-state index contributed by atoms with van der Waals surface area (Å²) in [6.45, 7) is 10.5. The number of hydrogen-bond donors (Lipinski definition) is 0. The third kappa shape index (κ3) is 4.47. The van der Waals surface area contributed by atoms with Crippen LogP contribution < -0.4 is 0 Å². The highest BCUT2D eigenvalue weighted by atomic mass is 19.1. The predicted octanol–water partition coefficient (Wildman–Crippen LogP) is 4.41. The molecule has 1 aliphatic heterocycles. The van der Waals surface area contributed by atoms with Crippen LogP contribution in [0.4, 0.5) is 4.39 Å². The minimum absolute atomic E-state index is 0.413. The average Bonchev–Trinajstić information content (AvgIpc) is 3.15. The van der Waals surface area contributed by atoms with Crippen LogP contribution in [-0.4, -0.2) is 33.3 Å². The number of rotatable bonds is 6. The van der Waals surface area contributed by atoms with E-state index in [1.165, 1.54) is 11.6 Å². The number of halogens is 1. The van der Waals surface area contributed by atoms with Gasteiger partial charge in [0.2, 0.25) is 0 Å². The standard InChI is InChI=1S/C20H27BFN3O2/c1-15(16-9-7-6-8-10-16)11-12-25-14-17(23-24-25)13-18(22)21-26-19(2,3)20(4,5)27-21/h6-10,13-15H,11-12H2,1-5H3. The van der Waals surface area contributed by atoms with Crippen molar-refractivity contribution in [2.45, 2.75) is 64.7 Å². The summed E-state index contributed by atoms with van der Waals surface area (Å²) >= 11 is 0. The normalized spacial score (nSPS) is 20.1. The third-order valence-corrected chi connectivity index (χ3v) is 5.48. The summed E-state index contributed by atoms with van der Waals surface area (Å²) in [5, 5.41) is 8.13. The minimum atomic E-state index is -1.02. The van der Waals surface area contributed by atoms with E-state index < -0.39 is 24.0 Å². The van der Waals surface area contributed by atoms with Crippen LogP contribution in [0.25, 0.3) is 6.08 Å². The van der Waals surface area contributed by atoms with E-state index in [1.54, 1.807) is 10.9 Å². The van der Waals surface area contributed by atoms with Gasteiger partial charge >= 0.3 is 7.12 Å². The molecule has 0 bridgehead atoms. The van der Waals surface area contributed by atoms with Crippen molar-refractivity contribution in [2.24, 2.45) is 0 Å². The van der Waals surface area contributed by atoms with Gasteiger partial charge in [0, 0.05) is 6.54 Å². The number of hydrogen-bond acceptors (Lipinski definition) is 4. The highest BCUT2D eigenvalue weighted by molar-refractivity contribution is 6.54. The van der Waals surface area contributed by atoms with Crippen LogP contribution in [0, 0.1) is 0 Å². The Balaban J connectivity index is 1.60. The zero-order chi connectivity index (χ0) is 19.7. The van der Waals surface area contributed by atoms with E-state index in [2.05, 4.69) is 29.4 Å².